The van der Waals surface area contributed by atoms with Crippen molar-refractivity contribution >= 4 is 6.09 Å². The van der Waals surface area contributed by atoms with Gasteiger partial charge in [-0.3, -0.25) is 0 Å². The molecule has 0 saturated carbocycles. The lowest BCUT2D eigenvalue weighted by atomic mass is 10.2. The number of amides is 1. The van der Waals surface area contributed by atoms with Crippen LogP contribution in [0.25, 0.3) is 0 Å². The highest BCUT2D eigenvalue weighted by molar-refractivity contribution is 5.68. The number of likely N-dealkylation sites (tertiary alicyclic amines) is 1. The smallest absolute Gasteiger partial charge is 0.410 e. The SMILES string of the molecule is COC[C@H]1C[C@@H](O)CN1C(=O)OCc1ccccc1. The normalized spacial score (nSPS) is 22.5. The number of benzene rings is 1. The van der Waals surface area contributed by atoms with Crippen LogP contribution in [0.1, 0.15) is 12.0 Å². The summed E-state index contributed by atoms with van der Waals surface area (Å²) in [5.41, 5.74) is 0.943. The minimum absolute atomic E-state index is 0.108. The van der Waals surface area contributed by atoms with E-state index in [9.17, 15) is 9.90 Å². The molecule has 0 spiro atoms. The first-order valence-electron chi connectivity index (χ1n) is 6.35. The largest absolute Gasteiger partial charge is 0.445 e. The van der Waals surface area contributed by atoms with Crippen molar-refractivity contribution in [3.63, 3.8) is 0 Å². The number of aliphatic hydroxyl groups is 1. The molecule has 0 aromatic heterocycles. The van der Waals surface area contributed by atoms with Crippen molar-refractivity contribution in [1.29, 1.82) is 0 Å². The zero-order valence-electron chi connectivity index (χ0n) is 11.0. The van der Waals surface area contributed by atoms with Crippen LogP contribution in [0.2, 0.25) is 0 Å². The number of β-amino-alcohol motifs (C(OH)–C–C–N with tert-alkyl or cyclic N) is 1. The summed E-state index contributed by atoms with van der Waals surface area (Å²) in [4.78, 5) is 13.5. The van der Waals surface area contributed by atoms with E-state index >= 15 is 0 Å². The number of rotatable bonds is 4. The van der Waals surface area contributed by atoms with Gasteiger partial charge in [0, 0.05) is 7.11 Å². The Hall–Kier alpha value is -1.59. The highest BCUT2D eigenvalue weighted by Gasteiger charge is 2.35. The predicted octanol–water partition coefficient (Wildman–Crippen LogP) is 1.40. The first kappa shape index (κ1) is 13.8. The van der Waals surface area contributed by atoms with Crippen LogP contribution in [-0.2, 0) is 16.1 Å². The standard InChI is InChI=1S/C14H19NO4/c1-18-10-12-7-13(16)8-15(12)14(17)19-9-11-5-3-2-4-6-11/h2-6,12-13,16H,7-10H2,1H3/t12-,13-/m1/s1. The molecule has 1 N–H and O–H groups in total. The number of carbonyl (C=O) groups excluding carboxylic acids is 1. The maximum Gasteiger partial charge on any atom is 0.410 e. The molecule has 104 valence electrons. The first-order chi connectivity index (χ1) is 9.20. The number of nitrogens with zero attached hydrogens (tertiary/aromatic N) is 1. The average Bonchev–Trinajstić information content (AvgIpc) is 2.79. The summed E-state index contributed by atoms with van der Waals surface area (Å²) in [6.07, 6.45) is -0.360. The van der Waals surface area contributed by atoms with Crippen LogP contribution in [-0.4, -0.2) is 48.5 Å². The Morgan fingerprint density at radius 3 is 2.84 bits per heavy atom. The number of methoxy groups -OCH3 is 1. The van der Waals surface area contributed by atoms with Gasteiger partial charge in [0.1, 0.15) is 6.61 Å². The van der Waals surface area contributed by atoms with Crippen LogP contribution in [0.4, 0.5) is 4.79 Å². The monoisotopic (exact) mass is 265 g/mol. The quantitative estimate of drug-likeness (QED) is 0.894. The Morgan fingerprint density at radius 1 is 1.42 bits per heavy atom. The molecule has 2 atom stereocenters. The van der Waals surface area contributed by atoms with Gasteiger partial charge in [0.2, 0.25) is 0 Å². The fourth-order valence-electron chi connectivity index (χ4n) is 2.27. The number of hydrogen-bond acceptors (Lipinski definition) is 4. The number of carbonyl (C=O) groups is 1. The summed E-state index contributed by atoms with van der Waals surface area (Å²) in [6, 6.07) is 9.41. The van der Waals surface area contributed by atoms with E-state index in [0.29, 0.717) is 19.6 Å². The number of hydrogen-bond donors (Lipinski definition) is 1. The van der Waals surface area contributed by atoms with Crippen molar-refractivity contribution in [2.75, 3.05) is 20.3 Å². The Labute approximate surface area is 112 Å². The summed E-state index contributed by atoms with van der Waals surface area (Å²) in [5.74, 6) is 0. The number of aliphatic hydroxyl groups excluding tert-OH is 1. The molecule has 1 saturated heterocycles. The van der Waals surface area contributed by atoms with Crippen LogP contribution >= 0.6 is 0 Å². The second-order valence-corrected chi connectivity index (χ2v) is 4.69. The molecular formula is C14H19NO4. The lowest BCUT2D eigenvalue weighted by molar-refractivity contribution is 0.0688. The average molecular weight is 265 g/mol. The van der Waals surface area contributed by atoms with Gasteiger partial charge in [-0.15, -0.1) is 0 Å². The van der Waals surface area contributed by atoms with Crippen molar-refractivity contribution < 1.29 is 19.4 Å². The molecule has 1 aromatic rings. The van der Waals surface area contributed by atoms with E-state index in [4.69, 9.17) is 9.47 Å². The van der Waals surface area contributed by atoms with Crippen LogP contribution in [0, 0.1) is 0 Å². The highest BCUT2D eigenvalue weighted by Crippen LogP contribution is 2.19. The molecule has 0 unspecified atom stereocenters. The van der Waals surface area contributed by atoms with Crippen molar-refractivity contribution in [1.82, 2.24) is 4.90 Å². The van der Waals surface area contributed by atoms with Gasteiger partial charge < -0.3 is 19.5 Å². The van der Waals surface area contributed by atoms with Crippen molar-refractivity contribution in [2.45, 2.75) is 25.2 Å². The first-order valence-corrected chi connectivity index (χ1v) is 6.35. The van der Waals surface area contributed by atoms with Gasteiger partial charge in [-0.2, -0.15) is 0 Å². The van der Waals surface area contributed by atoms with Gasteiger partial charge in [0.25, 0.3) is 0 Å². The molecule has 0 radical (unpaired) electrons. The van der Waals surface area contributed by atoms with E-state index in [-0.39, 0.29) is 12.6 Å². The molecule has 1 heterocycles. The van der Waals surface area contributed by atoms with Crippen molar-refractivity contribution in [2.24, 2.45) is 0 Å². The number of ether oxygens (including phenoxy) is 2. The molecule has 19 heavy (non-hydrogen) atoms. The third kappa shape index (κ3) is 3.68. The van der Waals surface area contributed by atoms with Crippen LogP contribution in [0.3, 0.4) is 0 Å². The molecule has 1 fully saturated rings. The van der Waals surface area contributed by atoms with Crippen LogP contribution in [0.5, 0.6) is 0 Å². The lowest BCUT2D eigenvalue weighted by Crippen LogP contribution is -2.38. The molecule has 5 heteroatoms. The maximum absolute atomic E-state index is 12.0. The third-order valence-corrected chi connectivity index (χ3v) is 3.19. The second kappa shape index (κ2) is 6.54. The Kier molecular flexibility index (Phi) is 4.76. The molecule has 1 aliphatic rings. The van der Waals surface area contributed by atoms with Crippen LogP contribution in [0.15, 0.2) is 30.3 Å². The fraction of sp³-hybridized carbons (Fsp3) is 0.500. The van der Waals surface area contributed by atoms with E-state index in [1.54, 1.807) is 7.11 Å². The second-order valence-electron chi connectivity index (χ2n) is 4.69. The lowest BCUT2D eigenvalue weighted by Gasteiger charge is -2.23. The van der Waals surface area contributed by atoms with Crippen LogP contribution < -0.4 is 0 Å². The Bertz CT molecular complexity index is 409. The van der Waals surface area contributed by atoms with Gasteiger partial charge >= 0.3 is 6.09 Å². The van der Waals surface area contributed by atoms with E-state index in [2.05, 4.69) is 0 Å². The summed E-state index contributed by atoms with van der Waals surface area (Å²) in [6.45, 7) is 0.963. The Morgan fingerprint density at radius 2 is 2.16 bits per heavy atom. The highest BCUT2D eigenvalue weighted by atomic mass is 16.6. The molecular weight excluding hydrogens is 246 g/mol. The van der Waals surface area contributed by atoms with Gasteiger partial charge in [0.05, 0.1) is 25.3 Å². The van der Waals surface area contributed by atoms with Gasteiger partial charge in [0.15, 0.2) is 0 Å². The maximum atomic E-state index is 12.0. The summed E-state index contributed by atoms with van der Waals surface area (Å²) in [5, 5.41) is 9.63. The van der Waals surface area contributed by atoms with E-state index < -0.39 is 12.2 Å². The zero-order valence-corrected chi connectivity index (χ0v) is 11.0. The molecule has 0 aliphatic carbocycles. The fourth-order valence-corrected chi connectivity index (χ4v) is 2.27. The van der Waals surface area contributed by atoms with Gasteiger partial charge in [-0.1, -0.05) is 30.3 Å². The summed E-state index contributed by atoms with van der Waals surface area (Å²) >= 11 is 0. The predicted molar refractivity (Wildman–Crippen MR) is 69.6 cm³/mol. The topological polar surface area (TPSA) is 59.0 Å². The zero-order chi connectivity index (χ0) is 13.7. The van der Waals surface area contributed by atoms with E-state index in [1.165, 1.54) is 4.90 Å². The molecule has 1 amide bonds. The molecule has 1 aromatic carbocycles. The molecule has 0 bridgehead atoms. The molecule has 2 rings (SSSR count). The van der Waals surface area contributed by atoms with Crippen molar-refractivity contribution in [3.8, 4) is 0 Å². The summed E-state index contributed by atoms with van der Waals surface area (Å²) in [7, 11) is 1.58. The molecule has 5 nitrogen and oxygen atoms in total. The molecule has 1 aliphatic heterocycles. The van der Waals surface area contributed by atoms with E-state index in [1.807, 2.05) is 30.3 Å². The third-order valence-electron chi connectivity index (χ3n) is 3.19. The minimum atomic E-state index is -0.496. The van der Waals surface area contributed by atoms with Gasteiger partial charge in [-0.05, 0) is 12.0 Å². The van der Waals surface area contributed by atoms with E-state index in [0.717, 1.165) is 5.56 Å². The Balaban J connectivity index is 1.88. The summed E-state index contributed by atoms with van der Waals surface area (Å²) < 4.78 is 10.3. The van der Waals surface area contributed by atoms with Crippen molar-refractivity contribution in [3.05, 3.63) is 35.9 Å². The minimum Gasteiger partial charge on any atom is -0.445 e. The van der Waals surface area contributed by atoms with Gasteiger partial charge in [-0.25, -0.2) is 4.79 Å².